The lowest BCUT2D eigenvalue weighted by molar-refractivity contribution is -0.118. The second-order valence-electron chi connectivity index (χ2n) is 5.78. The molecule has 2 rings (SSSR count). The van der Waals surface area contributed by atoms with Crippen LogP contribution >= 0.6 is 0 Å². The van der Waals surface area contributed by atoms with Crippen LogP contribution < -0.4 is 24.3 Å². The number of carbonyl (C=O) groups excluding carboxylic acids is 2. The molecule has 0 radical (unpaired) electrons. The normalized spacial score (nSPS) is 10.1. The summed E-state index contributed by atoms with van der Waals surface area (Å²) in [6.45, 7) is 3.10. The molecule has 144 valence electrons. The number of ether oxygens (including phenoxy) is 4. The number of ketones is 1. The zero-order valence-electron chi connectivity index (χ0n) is 16.0. The first-order valence-corrected chi connectivity index (χ1v) is 8.23. The Labute approximate surface area is 158 Å². The third kappa shape index (κ3) is 4.91. The van der Waals surface area contributed by atoms with E-state index in [0.29, 0.717) is 34.2 Å². The van der Waals surface area contributed by atoms with E-state index in [1.807, 2.05) is 6.92 Å². The number of nitrogens with one attached hydrogen (secondary N) is 1. The van der Waals surface area contributed by atoms with E-state index >= 15 is 0 Å². The lowest BCUT2D eigenvalue weighted by Gasteiger charge is -2.14. The van der Waals surface area contributed by atoms with Gasteiger partial charge in [0.15, 0.2) is 35.4 Å². The number of rotatable bonds is 8. The van der Waals surface area contributed by atoms with E-state index in [2.05, 4.69) is 5.32 Å². The van der Waals surface area contributed by atoms with Gasteiger partial charge in [0.1, 0.15) is 0 Å². The molecule has 0 aliphatic rings. The van der Waals surface area contributed by atoms with E-state index in [4.69, 9.17) is 18.9 Å². The lowest BCUT2D eigenvalue weighted by Crippen LogP contribution is -2.21. The molecule has 0 saturated carbocycles. The summed E-state index contributed by atoms with van der Waals surface area (Å²) in [6.07, 6.45) is 0. The number of methoxy groups -OCH3 is 3. The molecule has 0 unspecified atom stereocenters. The molecule has 27 heavy (non-hydrogen) atoms. The number of anilines is 1. The van der Waals surface area contributed by atoms with Gasteiger partial charge in [0.05, 0.1) is 21.3 Å². The summed E-state index contributed by atoms with van der Waals surface area (Å²) in [6, 6.07) is 8.27. The molecule has 0 bridgehead atoms. The summed E-state index contributed by atoms with van der Waals surface area (Å²) >= 11 is 0. The maximum Gasteiger partial charge on any atom is 0.262 e. The summed E-state index contributed by atoms with van der Waals surface area (Å²) < 4.78 is 21.2. The first-order valence-electron chi connectivity index (χ1n) is 8.23. The van der Waals surface area contributed by atoms with Crippen LogP contribution in [0, 0.1) is 6.92 Å². The Balaban J connectivity index is 2.08. The quantitative estimate of drug-likeness (QED) is 0.715. The predicted molar refractivity (Wildman–Crippen MR) is 101 cm³/mol. The van der Waals surface area contributed by atoms with Crippen LogP contribution in [0.4, 0.5) is 5.69 Å². The largest absolute Gasteiger partial charge is 0.493 e. The number of amides is 1. The van der Waals surface area contributed by atoms with Gasteiger partial charge in [-0.25, -0.2) is 0 Å². The van der Waals surface area contributed by atoms with Crippen molar-refractivity contribution in [2.45, 2.75) is 13.8 Å². The van der Waals surface area contributed by atoms with E-state index in [0.717, 1.165) is 5.56 Å². The highest BCUT2D eigenvalue weighted by Crippen LogP contribution is 2.33. The Hall–Kier alpha value is -3.22. The van der Waals surface area contributed by atoms with Gasteiger partial charge in [0.25, 0.3) is 5.91 Å². The van der Waals surface area contributed by atoms with Crippen molar-refractivity contribution in [1.82, 2.24) is 0 Å². The molecular weight excluding hydrogens is 350 g/mol. The molecule has 0 aliphatic heterocycles. The highest BCUT2D eigenvalue weighted by Gasteiger charge is 2.13. The highest BCUT2D eigenvalue weighted by molar-refractivity contribution is 5.95. The van der Waals surface area contributed by atoms with Gasteiger partial charge in [-0.2, -0.15) is 0 Å². The Morgan fingerprint density at radius 3 is 2.07 bits per heavy atom. The van der Waals surface area contributed by atoms with Gasteiger partial charge in [0, 0.05) is 17.3 Å². The molecule has 0 aromatic heterocycles. The Morgan fingerprint density at radius 1 is 0.889 bits per heavy atom. The molecule has 0 aliphatic carbocycles. The molecule has 0 spiro atoms. The van der Waals surface area contributed by atoms with E-state index in [1.165, 1.54) is 21.1 Å². The first-order chi connectivity index (χ1) is 12.9. The summed E-state index contributed by atoms with van der Waals surface area (Å²) in [5.41, 5.74) is 1.93. The fraction of sp³-hybridized carbons (Fsp3) is 0.300. The molecular formula is C20H23NO6. The van der Waals surface area contributed by atoms with Crippen molar-refractivity contribution < 1.29 is 28.5 Å². The van der Waals surface area contributed by atoms with Crippen LogP contribution in [0.1, 0.15) is 22.8 Å². The standard InChI is InChI=1S/C20H23NO6/c1-12-8-17(24-3)19(26-5)10-15(12)21-20(23)11-27-16-7-6-14(13(2)22)9-18(16)25-4/h6-10H,11H2,1-5H3,(H,21,23). The van der Waals surface area contributed by atoms with Gasteiger partial charge in [-0.3, -0.25) is 9.59 Å². The van der Waals surface area contributed by atoms with Crippen molar-refractivity contribution in [3.8, 4) is 23.0 Å². The van der Waals surface area contributed by atoms with Crippen molar-refractivity contribution in [3.63, 3.8) is 0 Å². The molecule has 2 aromatic carbocycles. The second kappa shape index (κ2) is 8.93. The van der Waals surface area contributed by atoms with Gasteiger partial charge in [-0.05, 0) is 43.7 Å². The van der Waals surface area contributed by atoms with Crippen molar-refractivity contribution in [1.29, 1.82) is 0 Å². The fourth-order valence-corrected chi connectivity index (χ4v) is 2.45. The van der Waals surface area contributed by atoms with Gasteiger partial charge >= 0.3 is 0 Å². The number of benzene rings is 2. The molecule has 0 heterocycles. The maximum atomic E-state index is 12.3. The minimum absolute atomic E-state index is 0.0819. The van der Waals surface area contributed by atoms with Gasteiger partial charge in [-0.15, -0.1) is 0 Å². The number of carbonyl (C=O) groups is 2. The minimum Gasteiger partial charge on any atom is -0.493 e. The van der Waals surface area contributed by atoms with Gasteiger partial charge in [0.2, 0.25) is 0 Å². The zero-order chi connectivity index (χ0) is 20.0. The molecule has 0 saturated heterocycles. The Bertz CT molecular complexity index is 847. The van der Waals surface area contributed by atoms with Crippen LogP contribution in [0.2, 0.25) is 0 Å². The van der Waals surface area contributed by atoms with Crippen molar-refractivity contribution in [2.24, 2.45) is 0 Å². The van der Waals surface area contributed by atoms with Crippen molar-refractivity contribution in [3.05, 3.63) is 41.5 Å². The predicted octanol–water partition coefficient (Wildman–Crippen LogP) is 3.24. The van der Waals surface area contributed by atoms with Crippen LogP contribution in [-0.2, 0) is 4.79 Å². The third-order valence-electron chi connectivity index (χ3n) is 3.93. The smallest absolute Gasteiger partial charge is 0.262 e. The van der Waals surface area contributed by atoms with Crippen LogP contribution in [0.15, 0.2) is 30.3 Å². The van der Waals surface area contributed by atoms with E-state index in [1.54, 1.807) is 37.4 Å². The topological polar surface area (TPSA) is 83.1 Å². The average molecular weight is 373 g/mol. The van der Waals surface area contributed by atoms with Crippen molar-refractivity contribution >= 4 is 17.4 Å². The molecule has 0 atom stereocenters. The van der Waals surface area contributed by atoms with E-state index in [9.17, 15) is 9.59 Å². The van der Waals surface area contributed by atoms with Crippen LogP contribution in [0.3, 0.4) is 0 Å². The third-order valence-corrected chi connectivity index (χ3v) is 3.93. The Morgan fingerprint density at radius 2 is 1.48 bits per heavy atom. The number of hydrogen-bond donors (Lipinski definition) is 1. The van der Waals surface area contributed by atoms with E-state index in [-0.39, 0.29) is 18.3 Å². The number of hydrogen-bond acceptors (Lipinski definition) is 6. The summed E-state index contributed by atoms with van der Waals surface area (Å²) in [5, 5.41) is 2.78. The van der Waals surface area contributed by atoms with E-state index < -0.39 is 0 Å². The Kier molecular flexibility index (Phi) is 6.65. The minimum atomic E-state index is -0.344. The summed E-state index contributed by atoms with van der Waals surface area (Å²) in [4.78, 5) is 23.7. The SMILES string of the molecule is COc1cc(C)c(NC(=O)COc2ccc(C(C)=O)cc2OC)cc1OC. The molecule has 1 amide bonds. The van der Waals surface area contributed by atoms with Gasteiger partial charge < -0.3 is 24.3 Å². The summed E-state index contributed by atoms with van der Waals surface area (Å²) in [5.74, 6) is 1.43. The lowest BCUT2D eigenvalue weighted by atomic mass is 10.1. The van der Waals surface area contributed by atoms with Gasteiger partial charge in [-0.1, -0.05) is 0 Å². The van der Waals surface area contributed by atoms with Crippen LogP contribution in [0.25, 0.3) is 0 Å². The first kappa shape index (κ1) is 20.1. The fourth-order valence-electron chi connectivity index (χ4n) is 2.45. The molecule has 0 fully saturated rings. The second-order valence-corrected chi connectivity index (χ2v) is 5.78. The van der Waals surface area contributed by atoms with Crippen LogP contribution in [0.5, 0.6) is 23.0 Å². The number of Topliss-reactive ketones (excluding diaryl/α,β-unsaturated/α-hetero) is 1. The van der Waals surface area contributed by atoms with Crippen LogP contribution in [-0.4, -0.2) is 39.6 Å². The zero-order valence-corrected chi connectivity index (χ0v) is 16.0. The monoisotopic (exact) mass is 373 g/mol. The summed E-state index contributed by atoms with van der Waals surface area (Å²) in [7, 11) is 4.55. The van der Waals surface area contributed by atoms with Crippen molar-refractivity contribution in [2.75, 3.05) is 33.3 Å². The molecule has 1 N–H and O–H groups in total. The maximum absolute atomic E-state index is 12.3. The molecule has 7 nitrogen and oxygen atoms in total. The number of aryl methyl sites for hydroxylation is 1. The molecule has 7 heteroatoms. The highest BCUT2D eigenvalue weighted by atomic mass is 16.5. The molecule has 2 aromatic rings. The average Bonchev–Trinajstić information content (AvgIpc) is 2.67.